The third kappa shape index (κ3) is 3.86. The van der Waals surface area contributed by atoms with Crippen molar-refractivity contribution < 1.29 is 12.8 Å². The van der Waals surface area contributed by atoms with Crippen molar-refractivity contribution in [2.75, 3.05) is 13.1 Å². The van der Waals surface area contributed by atoms with Crippen LogP contribution in [0.15, 0.2) is 45.9 Å². The lowest BCUT2D eigenvalue weighted by Crippen LogP contribution is -2.38. The van der Waals surface area contributed by atoms with E-state index in [-0.39, 0.29) is 0 Å². The zero-order chi connectivity index (χ0) is 20.6. The van der Waals surface area contributed by atoms with E-state index in [1.165, 1.54) is 0 Å². The maximum Gasteiger partial charge on any atom is 0.246 e. The molecule has 0 radical (unpaired) electrons. The van der Waals surface area contributed by atoms with E-state index < -0.39 is 10.0 Å². The first-order valence-corrected chi connectivity index (χ1v) is 11.3. The van der Waals surface area contributed by atoms with Crippen LogP contribution in [0.4, 0.5) is 0 Å². The zero-order valence-electron chi connectivity index (χ0n) is 17.0. The van der Waals surface area contributed by atoms with Gasteiger partial charge in [-0.3, -0.25) is 4.68 Å². The SMILES string of the molecule is Cc1nn(Cc2coc(-c3ccccc3)n2)c(C)c1S(=O)(=O)N1CCC(C)CC1. The minimum Gasteiger partial charge on any atom is -0.444 e. The molecule has 8 heteroatoms. The van der Waals surface area contributed by atoms with Gasteiger partial charge in [0.05, 0.1) is 17.9 Å². The molecule has 0 spiro atoms. The molecule has 7 nitrogen and oxygen atoms in total. The third-order valence-electron chi connectivity index (χ3n) is 5.54. The Balaban J connectivity index is 1.59. The average Bonchev–Trinajstić information content (AvgIpc) is 3.27. The highest BCUT2D eigenvalue weighted by atomic mass is 32.2. The van der Waals surface area contributed by atoms with Crippen molar-refractivity contribution in [1.29, 1.82) is 0 Å². The largest absolute Gasteiger partial charge is 0.444 e. The summed E-state index contributed by atoms with van der Waals surface area (Å²) in [5.74, 6) is 1.11. The molecule has 0 amide bonds. The van der Waals surface area contributed by atoms with Crippen LogP contribution >= 0.6 is 0 Å². The molecule has 0 bridgehead atoms. The Morgan fingerprint density at radius 2 is 1.83 bits per heavy atom. The number of sulfonamides is 1. The number of piperidine rings is 1. The summed E-state index contributed by atoms with van der Waals surface area (Å²) in [4.78, 5) is 4.85. The number of hydrogen-bond acceptors (Lipinski definition) is 5. The van der Waals surface area contributed by atoms with E-state index >= 15 is 0 Å². The quantitative estimate of drug-likeness (QED) is 0.637. The second-order valence-corrected chi connectivity index (χ2v) is 9.63. The minimum absolute atomic E-state index is 0.318. The van der Waals surface area contributed by atoms with E-state index in [4.69, 9.17) is 4.42 Å². The van der Waals surface area contributed by atoms with Crippen LogP contribution in [0.2, 0.25) is 0 Å². The zero-order valence-corrected chi connectivity index (χ0v) is 17.8. The summed E-state index contributed by atoms with van der Waals surface area (Å²) in [7, 11) is -3.55. The molecule has 0 atom stereocenters. The topological polar surface area (TPSA) is 81.2 Å². The smallest absolute Gasteiger partial charge is 0.246 e. The first-order chi connectivity index (χ1) is 13.9. The average molecular weight is 415 g/mol. The van der Waals surface area contributed by atoms with Gasteiger partial charge in [0.1, 0.15) is 16.9 Å². The van der Waals surface area contributed by atoms with Crippen LogP contribution in [-0.2, 0) is 16.6 Å². The number of aryl methyl sites for hydroxylation is 1. The van der Waals surface area contributed by atoms with Gasteiger partial charge in [0.2, 0.25) is 15.9 Å². The lowest BCUT2D eigenvalue weighted by Gasteiger charge is -2.29. The number of oxazole rings is 1. The number of hydrogen-bond donors (Lipinski definition) is 0. The molecule has 1 fully saturated rings. The molecular formula is C21H26N4O3S. The van der Waals surface area contributed by atoms with Gasteiger partial charge in [-0.25, -0.2) is 13.4 Å². The second-order valence-electron chi connectivity index (χ2n) is 7.75. The van der Waals surface area contributed by atoms with Crippen LogP contribution in [0.5, 0.6) is 0 Å². The van der Waals surface area contributed by atoms with Crippen molar-refractivity contribution in [3.63, 3.8) is 0 Å². The third-order valence-corrected chi connectivity index (χ3v) is 7.69. The molecule has 4 rings (SSSR count). The van der Waals surface area contributed by atoms with Crippen molar-refractivity contribution in [3.05, 3.63) is 53.7 Å². The van der Waals surface area contributed by atoms with Crippen molar-refractivity contribution in [1.82, 2.24) is 19.1 Å². The molecule has 3 aromatic rings. The molecule has 0 aliphatic carbocycles. The minimum atomic E-state index is -3.55. The Morgan fingerprint density at radius 3 is 2.52 bits per heavy atom. The molecule has 1 aromatic carbocycles. The fourth-order valence-corrected chi connectivity index (χ4v) is 5.65. The Hall–Kier alpha value is -2.45. The molecule has 154 valence electrons. The summed E-state index contributed by atoms with van der Waals surface area (Å²) in [5, 5.41) is 4.49. The van der Waals surface area contributed by atoms with E-state index in [0.29, 0.717) is 53.4 Å². The summed E-state index contributed by atoms with van der Waals surface area (Å²) in [6.45, 7) is 7.21. The van der Waals surface area contributed by atoms with Gasteiger partial charge >= 0.3 is 0 Å². The van der Waals surface area contributed by atoms with Crippen LogP contribution in [0.1, 0.15) is 36.8 Å². The summed E-state index contributed by atoms with van der Waals surface area (Å²) >= 11 is 0. The molecule has 2 aromatic heterocycles. The van der Waals surface area contributed by atoms with Crippen LogP contribution < -0.4 is 0 Å². The molecule has 3 heterocycles. The van der Waals surface area contributed by atoms with Crippen molar-refractivity contribution in [2.24, 2.45) is 5.92 Å². The predicted molar refractivity (Wildman–Crippen MR) is 110 cm³/mol. The van der Waals surface area contributed by atoms with Gasteiger partial charge in [-0.15, -0.1) is 0 Å². The normalized spacial score (nSPS) is 16.4. The Labute approximate surface area is 171 Å². The first kappa shape index (κ1) is 19.8. The van der Waals surface area contributed by atoms with Crippen molar-refractivity contribution in [3.8, 4) is 11.5 Å². The van der Waals surface area contributed by atoms with E-state index in [2.05, 4.69) is 17.0 Å². The van der Waals surface area contributed by atoms with Gasteiger partial charge in [0.15, 0.2) is 0 Å². The van der Waals surface area contributed by atoms with Gasteiger partial charge in [-0.1, -0.05) is 25.1 Å². The summed E-state index contributed by atoms with van der Waals surface area (Å²) in [6, 6.07) is 9.66. The second kappa shape index (κ2) is 7.76. The van der Waals surface area contributed by atoms with Gasteiger partial charge in [0, 0.05) is 18.7 Å². The summed E-state index contributed by atoms with van der Waals surface area (Å²) < 4.78 is 35.3. The summed E-state index contributed by atoms with van der Waals surface area (Å²) in [5.41, 5.74) is 2.75. The van der Waals surface area contributed by atoms with Gasteiger partial charge in [0.25, 0.3) is 0 Å². The predicted octanol–water partition coefficient (Wildman–Crippen LogP) is 3.62. The first-order valence-electron chi connectivity index (χ1n) is 9.90. The highest BCUT2D eigenvalue weighted by molar-refractivity contribution is 7.89. The fraction of sp³-hybridized carbons (Fsp3) is 0.429. The standard InChI is InChI=1S/C21H26N4O3S/c1-15-9-11-24(12-10-15)29(26,27)20-16(2)23-25(17(20)3)13-19-14-28-21(22-19)18-7-5-4-6-8-18/h4-8,14-15H,9-13H2,1-3H3. The van der Waals surface area contributed by atoms with E-state index in [0.717, 1.165) is 18.4 Å². The monoisotopic (exact) mass is 414 g/mol. The molecule has 0 N–H and O–H groups in total. The Bertz CT molecular complexity index is 1090. The van der Waals surface area contributed by atoms with E-state index in [1.54, 1.807) is 29.1 Å². The Morgan fingerprint density at radius 1 is 1.14 bits per heavy atom. The lowest BCUT2D eigenvalue weighted by molar-refractivity contribution is 0.288. The number of benzene rings is 1. The van der Waals surface area contributed by atoms with Gasteiger partial charge in [-0.2, -0.15) is 9.40 Å². The molecule has 29 heavy (non-hydrogen) atoms. The highest BCUT2D eigenvalue weighted by Gasteiger charge is 2.33. The van der Waals surface area contributed by atoms with Gasteiger partial charge in [-0.05, 0) is 44.7 Å². The molecule has 0 unspecified atom stereocenters. The molecule has 1 aliphatic rings. The maximum atomic E-state index is 13.2. The maximum absolute atomic E-state index is 13.2. The molecule has 1 saturated heterocycles. The van der Waals surface area contributed by atoms with Gasteiger partial charge < -0.3 is 4.42 Å². The molecular weight excluding hydrogens is 388 g/mol. The number of aromatic nitrogens is 3. The van der Waals surface area contributed by atoms with E-state index in [9.17, 15) is 8.42 Å². The van der Waals surface area contributed by atoms with Crippen LogP contribution in [0.3, 0.4) is 0 Å². The fourth-order valence-electron chi connectivity index (χ4n) is 3.81. The van der Waals surface area contributed by atoms with Crippen molar-refractivity contribution >= 4 is 10.0 Å². The number of nitrogens with zero attached hydrogens (tertiary/aromatic N) is 4. The molecule has 0 saturated carbocycles. The highest BCUT2D eigenvalue weighted by Crippen LogP contribution is 2.28. The van der Waals surface area contributed by atoms with Crippen LogP contribution in [0, 0.1) is 19.8 Å². The summed E-state index contributed by atoms with van der Waals surface area (Å²) in [6.07, 6.45) is 3.39. The van der Waals surface area contributed by atoms with Crippen LogP contribution in [0.25, 0.3) is 11.5 Å². The van der Waals surface area contributed by atoms with Crippen LogP contribution in [-0.4, -0.2) is 40.6 Å². The van der Waals surface area contributed by atoms with E-state index in [1.807, 2.05) is 30.3 Å². The lowest BCUT2D eigenvalue weighted by atomic mass is 10.0. The number of rotatable bonds is 5. The molecule has 1 aliphatic heterocycles. The Kier molecular flexibility index (Phi) is 5.31. The van der Waals surface area contributed by atoms with Crippen molar-refractivity contribution in [2.45, 2.75) is 45.1 Å².